The van der Waals surface area contributed by atoms with Gasteiger partial charge in [-0.05, 0) is 25.7 Å². The Morgan fingerprint density at radius 2 is 1.24 bits per heavy atom. The van der Waals surface area contributed by atoms with E-state index in [2.05, 4.69) is 6.92 Å². The molecule has 0 heterocycles. The van der Waals surface area contributed by atoms with Crippen molar-refractivity contribution < 1.29 is 15.0 Å². The predicted molar refractivity (Wildman–Crippen MR) is 85.9 cm³/mol. The minimum absolute atomic E-state index is 0.116. The summed E-state index contributed by atoms with van der Waals surface area (Å²) in [7, 11) is 0. The van der Waals surface area contributed by atoms with Crippen LogP contribution in [0.1, 0.15) is 103 Å². The lowest BCUT2D eigenvalue weighted by molar-refractivity contribution is -0.305. The van der Waals surface area contributed by atoms with Crippen LogP contribution in [0.4, 0.5) is 0 Å². The number of hydrogen-bond acceptors (Lipinski definition) is 3. The molecular formula is C18H35O3-. The van der Waals surface area contributed by atoms with Gasteiger partial charge in [0, 0.05) is 5.97 Å². The highest BCUT2D eigenvalue weighted by Gasteiger charge is 2.03. The normalized spacial score (nSPS) is 12.5. The van der Waals surface area contributed by atoms with Crippen LogP contribution in [0.2, 0.25) is 0 Å². The number of carboxylic acids is 1. The minimum Gasteiger partial charge on any atom is -0.550 e. The van der Waals surface area contributed by atoms with E-state index in [1.165, 1.54) is 32.1 Å². The summed E-state index contributed by atoms with van der Waals surface area (Å²) in [5.41, 5.74) is 0. The van der Waals surface area contributed by atoms with E-state index < -0.39 is 5.97 Å². The van der Waals surface area contributed by atoms with Crippen molar-refractivity contribution in [3.63, 3.8) is 0 Å². The van der Waals surface area contributed by atoms with E-state index in [0.717, 1.165) is 57.8 Å². The maximum atomic E-state index is 10.2. The van der Waals surface area contributed by atoms with E-state index in [4.69, 9.17) is 0 Å². The lowest BCUT2D eigenvalue weighted by Gasteiger charge is -2.10. The maximum Gasteiger partial charge on any atom is 0.0540 e. The molecule has 21 heavy (non-hydrogen) atoms. The maximum absolute atomic E-state index is 10.2. The molecule has 0 aromatic rings. The van der Waals surface area contributed by atoms with Crippen LogP contribution in [0.5, 0.6) is 0 Å². The van der Waals surface area contributed by atoms with Crippen molar-refractivity contribution in [3.8, 4) is 0 Å². The Morgan fingerprint density at radius 3 is 1.71 bits per heavy atom. The highest BCUT2D eigenvalue weighted by Crippen LogP contribution is 2.14. The van der Waals surface area contributed by atoms with Gasteiger partial charge in [0.15, 0.2) is 0 Å². The molecule has 0 rings (SSSR count). The first-order valence-corrected chi connectivity index (χ1v) is 9.04. The molecule has 0 aliphatic carbocycles. The highest BCUT2D eigenvalue weighted by atomic mass is 16.4. The molecule has 0 unspecified atom stereocenters. The number of aliphatic hydroxyl groups excluding tert-OH is 1. The molecule has 0 fully saturated rings. The van der Waals surface area contributed by atoms with Gasteiger partial charge in [0.1, 0.15) is 0 Å². The van der Waals surface area contributed by atoms with Crippen LogP contribution < -0.4 is 5.11 Å². The summed E-state index contributed by atoms with van der Waals surface area (Å²) in [5.74, 6) is -0.937. The summed E-state index contributed by atoms with van der Waals surface area (Å²) in [5, 5.41) is 20.1. The van der Waals surface area contributed by atoms with Gasteiger partial charge in [0.05, 0.1) is 6.10 Å². The van der Waals surface area contributed by atoms with E-state index >= 15 is 0 Å². The second-order valence-electron chi connectivity index (χ2n) is 6.24. The fourth-order valence-corrected chi connectivity index (χ4v) is 2.66. The van der Waals surface area contributed by atoms with Crippen LogP contribution in [-0.2, 0) is 4.79 Å². The molecule has 0 spiro atoms. The fraction of sp³-hybridized carbons (Fsp3) is 0.944. The Morgan fingerprint density at radius 1 is 0.810 bits per heavy atom. The van der Waals surface area contributed by atoms with Gasteiger partial charge in [-0.25, -0.2) is 0 Å². The molecular weight excluding hydrogens is 264 g/mol. The number of aliphatic carboxylic acids is 1. The van der Waals surface area contributed by atoms with E-state index in [1.807, 2.05) is 0 Å². The van der Waals surface area contributed by atoms with Crippen molar-refractivity contribution in [2.75, 3.05) is 0 Å². The average molecular weight is 299 g/mol. The Labute approximate surface area is 131 Å². The molecule has 3 heteroatoms. The van der Waals surface area contributed by atoms with Crippen molar-refractivity contribution in [1.29, 1.82) is 0 Å². The van der Waals surface area contributed by atoms with E-state index in [0.29, 0.717) is 0 Å². The Kier molecular flexibility index (Phi) is 15.4. The fourth-order valence-electron chi connectivity index (χ4n) is 2.66. The lowest BCUT2D eigenvalue weighted by Crippen LogP contribution is -2.21. The van der Waals surface area contributed by atoms with Gasteiger partial charge in [-0.3, -0.25) is 0 Å². The molecule has 1 atom stereocenters. The largest absolute Gasteiger partial charge is 0.550 e. The number of rotatable bonds is 16. The van der Waals surface area contributed by atoms with Crippen molar-refractivity contribution in [2.24, 2.45) is 0 Å². The van der Waals surface area contributed by atoms with Gasteiger partial charge in [-0.15, -0.1) is 0 Å². The number of carboxylic acid groups (broad SMARTS) is 1. The number of carbonyl (C=O) groups excluding carboxylic acids is 1. The molecule has 0 saturated heterocycles. The first kappa shape index (κ1) is 20.4. The average Bonchev–Trinajstić information content (AvgIpc) is 2.45. The third-order valence-electron chi connectivity index (χ3n) is 4.06. The summed E-state index contributed by atoms with van der Waals surface area (Å²) in [6.07, 6.45) is 15.9. The van der Waals surface area contributed by atoms with E-state index in [9.17, 15) is 15.0 Å². The van der Waals surface area contributed by atoms with Crippen LogP contribution in [0.3, 0.4) is 0 Å². The zero-order valence-electron chi connectivity index (χ0n) is 13.9. The van der Waals surface area contributed by atoms with E-state index in [-0.39, 0.29) is 12.5 Å². The molecule has 0 bridgehead atoms. The Balaban J connectivity index is 3.15. The molecule has 0 amide bonds. The zero-order valence-corrected chi connectivity index (χ0v) is 13.9. The zero-order chi connectivity index (χ0) is 15.8. The standard InChI is InChI=1S/C18H36O3/c1-2-3-4-5-8-11-14-17(19)15-12-9-6-7-10-13-16-18(20)21/h17,19H,2-16H2,1H3,(H,20,21)/p-1/t17-/m1/s1. The van der Waals surface area contributed by atoms with Crippen LogP contribution >= 0.6 is 0 Å². The van der Waals surface area contributed by atoms with Crippen molar-refractivity contribution in [2.45, 2.75) is 109 Å². The molecule has 126 valence electrons. The minimum atomic E-state index is -0.937. The van der Waals surface area contributed by atoms with Crippen molar-refractivity contribution in [3.05, 3.63) is 0 Å². The first-order chi connectivity index (χ1) is 10.2. The SMILES string of the molecule is CCCCCCCC[C@@H](O)CCCCCCCCC(=O)[O-]. The molecule has 0 aromatic heterocycles. The summed E-state index contributed by atoms with van der Waals surface area (Å²) < 4.78 is 0. The topological polar surface area (TPSA) is 60.4 Å². The van der Waals surface area contributed by atoms with Gasteiger partial charge in [-0.1, -0.05) is 77.6 Å². The number of unbranched alkanes of at least 4 members (excludes halogenated alkanes) is 10. The lowest BCUT2D eigenvalue weighted by atomic mass is 10.0. The van der Waals surface area contributed by atoms with Gasteiger partial charge in [0.2, 0.25) is 0 Å². The van der Waals surface area contributed by atoms with Crippen molar-refractivity contribution in [1.82, 2.24) is 0 Å². The van der Waals surface area contributed by atoms with Gasteiger partial charge in [-0.2, -0.15) is 0 Å². The third-order valence-corrected chi connectivity index (χ3v) is 4.06. The summed E-state index contributed by atoms with van der Waals surface area (Å²) in [4.78, 5) is 10.2. The highest BCUT2D eigenvalue weighted by molar-refractivity contribution is 5.63. The van der Waals surface area contributed by atoms with Crippen molar-refractivity contribution >= 4 is 5.97 Å². The van der Waals surface area contributed by atoms with Gasteiger partial charge in [0.25, 0.3) is 0 Å². The molecule has 0 saturated carbocycles. The summed E-state index contributed by atoms with van der Waals surface area (Å²) in [6.45, 7) is 2.23. The summed E-state index contributed by atoms with van der Waals surface area (Å²) in [6, 6.07) is 0. The number of carbonyl (C=O) groups is 1. The smallest absolute Gasteiger partial charge is 0.0540 e. The molecule has 0 radical (unpaired) electrons. The monoisotopic (exact) mass is 299 g/mol. The number of hydrogen-bond donors (Lipinski definition) is 1. The summed E-state index contributed by atoms with van der Waals surface area (Å²) >= 11 is 0. The second-order valence-corrected chi connectivity index (χ2v) is 6.24. The van der Waals surface area contributed by atoms with Crippen LogP contribution in [0.25, 0.3) is 0 Å². The second kappa shape index (κ2) is 15.8. The predicted octanol–water partition coefficient (Wildman–Crippen LogP) is 3.97. The van der Waals surface area contributed by atoms with Crippen LogP contribution in [-0.4, -0.2) is 17.2 Å². The first-order valence-electron chi connectivity index (χ1n) is 9.04. The van der Waals surface area contributed by atoms with E-state index in [1.54, 1.807) is 0 Å². The molecule has 0 aliphatic heterocycles. The van der Waals surface area contributed by atoms with Crippen LogP contribution in [0.15, 0.2) is 0 Å². The van der Waals surface area contributed by atoms with Crippen LogP contribution in [0, 0.1) is 0 Å². The molecule has 1 N–H and O–H groups in total. The Bertz CT molecular complexity index is 229. The molecule has 3 nitrogen and oxygen atoms in total. The van der Waals surface area contributed by atoms with Gasteiger partial charge < -0.3 is 15.0 Å². The number of aliphatic hydroxyl groups is 1. The molecule has 0 aromatic carbocycles. The van der Waals surface area contributed by atoms with Gasteiger partial charge >= 0.3 is 0 Å². The third kappa shape index (κ3) is 17.4. The quantitative estimate of drug-likeness (QED) is 0.439. The molecule has 0 aliphatic rings. The Hall–Kier alpha value is -0.570.